The molecule has 5 nitrogen and oxygen atoms in total. The van der Waals surface area contributed by atoms with Gasteiger partial charge in [-0.15, -0.1) is 0 Å². The second-order valence-electron chi connectivity index (χ2n) is 9.63. The first kappa shape index (κ1) is 21.5. The van der Waals surface area contributed by atoms with Crippen LogP contribution in [0.15, 0.2) is 24.3 Å². The molecule has 1 atom stereocenters. The van der Waals surface area contributed by atoms with Gasteiger partial charge in [0.05, 0.1) is 0 Å². The second-order valence-corrected chi connectivity index (χ2v) is 9.63. The number of carbonyl (C=O) groups is 1. The molecule has 3 aliphatic rings. The second kappa shape index (κ2) is 9.26. The number of rotatable bonds is 5. The van der Waals surface area contributed by atoms with Crippen molar-refractivity contribution in [2.75, 3.05) is 24.5 Å². The Kier molecular flexibility index (Phi) is 6.22. The van der Waals surface area contributed by atoms with Gasteiger partial charge in [0, 0.05) is 42.7 Å². The highest BCUT2D eigenvalue weighted by Crippen LogP contribution is 2.34. The Morgan fingerprint density at radius 3 is 2.69 bits per heavy atom. The third-order valence-electron chi connectivity index (χ3n) is 7.59. The molecule has 2 aromatic rings. The van der Waals surface area contributed by atoms with Crippen molar-refractivity contribution in [2.45, 2.75) is 76.7 Å². The Labute approximate surface area is 190 Å². The Morgan fingerprint density at radius 2 is 1.88 bits per heavy atom. The minimum Gasteiger partial charge on any atom is -0.300 e. The van der Waals surface area contributed by atoms with E-state index < -0.39 is 0 Å². The van der Waals surface area contributed by atoms with Gasteiger partial charge in [-0.25, -0.2) is 14.4 Å². The summed E-state index contributed by atoms with van der Waals surface area (Å²) in [5.41, 5.74) is 2.70. The number of fused-ring (bicyclic) bond motifs is 1. The summed E-state index contributed by atoms with van der Waals surface area (Å²) < 4.78 is 14.1. The number of nitrogens with zero attached hydrogens (tertiary/aromatic N) is 4. The van der Waals surface area contributed by atoms with Crippen molar-refractivity contribution in [3.05, 3.63) is 52.7 Å². The van der Waals surface area contributed by atoms with E-state index in [0.717, 1.165) is 42.4 Å². The Bertz CT molecular complexity index is 988. The highest BCUT2D eigenvalue weighted by Gasteiger charge is 2.34. The maximum absolute atomic E-state index is 14.1. The zero-order chi connectivity index (χ0) is 22.1. The van der Waals surface area contributed by atoms with Crippen molar-refractivity contribution < 1.29 is 9.18 Å². The average molecular weight is 437 g/mol. The molecule has 0 N–H and O–H groups in total. The summed E-state index contributed by atoms with van der Waals surface area (Å²) in [5.74, 6) is 1.83. The molecule has 3 heterocycles. The van der Waals surface area contributed by atoms with E-state index in [-0.39, 0.29) is 11.7 Å². The van der Waals surface area contributed by atoms with Gasteiger partial charge in [0.2, 0.25) is 5.91 Å². The van der Waals surface area contributed by atoms with Crippen LogP contribution in [-0.4, -0.2) is 46.5 Å². The molecule has 0 bridgehead atoms. The van der Waals surface area contributed by atoms with Crippen LogP contribution in [-0.2, 0) is 17.6 Å². The van der Waals surface area contributed by atoms with Crippen LogP contribution in [0.1, 0.15) is 73.5 Å². The molecule has 1 saturated carbocycles. The first-order chi connectivity index (χ1) is 15.6. The van der Waals surface area contributed by atoms with E-state index >= 15 is 0 Å². The fourth-order valence-electron chi connectivity index (χ4n) is 5.73. The van der Waals surface area contributed by atoms with Crippen LogP contribution in [0.5, 0.6) is 0 Å². The lowest BCUT2D eigenvalue weighted by Crippen LogP contribution is -2.38. The van der Waals surface area contributed by atoms with E-state index in [2.05, 4.69) is 4.90 Å². The molecular weight excluding hydrogens is 403 g/mol. The van der Waals surface area contributed by atoms with Gasteiger partial charge in [0.1, 0.15) is 17.5 Å². The van der Waals surface area contributed by atoms with Gasteiger partial charge >= 0.3 is 0 Å². The smallest absolute Gasteiger partial charge is 0.228 e. The summed E-state index contributed by atoms with van der Waals surface area (Å²) in [6, 6.07) is 7.52. The van der Waals surface area contributed by atoms with Crippen molar-refractivity contribution in [3.63, 3.8) is 0 Å². The van der Waals surface area contributed by atoms with E-state index in [1.54, 1.807) is 17.0 Å². The van der Waals surface area contributed by atoms with Crippen molar-refractivity contribution in [3.8, 4) is 0 Å². The number of hydrogen-bond acceptors (Lipinski definition) is 4. The molecule has 1 saturated heterocycles. The molecule has 2 aliphatic heterocycles. The van der Waals surface area contributed by atoms with Gasteiger partial charge in [-0.05, 0) is 57.2 Å². The maximum Gasteiger partial charge on any atom is 0.228 e. The number of hydrogen-bond donors (Lipinski definition) is 0. The summed E-state index contributed by atoms with van der Waals surface area (Å²) in [6.45, 7) is 4.63. The highest BCUT2D eigenvalue weighted by molar-refractivity contribution is 5.95. The quantitative estimate of drug-likeness (QED) is 0.689. The lowest BCUT2D eigenvalue weighted by Gasteiger charge is -2.31. The van der Waals surface area contributed by atoms with E-state index in [0.29, 0.717) is 43.3 Å². The number of anilines is 1. The molecule has 32 heavy (non-hydrogen) atoms. The van der Waals surface area contributed by atoms with Gasteiger partial charge in [0.25, 0.3) is 0 Å². The molecule has 0 radical (unpaired) electrons. The summed E-state index contributed by atoms with van der Waals surface area (Å²) in [7, 11) is 0. The van der Waals surface area contributed by atoms with Gasteiger partial charge in [0.15, 0.2) is 0 Å². The molecule has 6 heteroatoms. The van der Waals surface area contributed by atoms with Crippen LogP contribution in [0.3, 0.4) is 0 Å². The lowest BCUT2D eigenvalue weighted by atomic mass is 9.94. The molecule has 5 rings (SSSR count). The summed E-state index contributed by atoms with van der Waals surface area (Å²) in [4.78, 5) is 27.1. The topological polar surface area (TPSA) is 49.3 Å². The molecule has 1 aromatic carbocycles. The van der Waals surface area contributed by atoms with Crippen molar-refractivity contribution in [2.24, 2.45) is 0 Å². The van der Waals surface area contributed by atoms with Gasteiger partial charge < -0.3 is 0 Å². The van der Waals surface area contributed by atoms with Gasteiger partial charge in [-0.2, -0.15) is 0 Å². The molecule has 1 amide bonds. The third kappa shape index (κ3) is 4.29. The van der Waals surface area contributed by atoms with Crippen LogP contribution in [0.4, 0.5) is 10.2 Å². The third-order valence-corrected chi connectivity index (χ3v) is 7.59. The zero-order valence-electron chi connectivity index (χ0n) is 19.0. The van der Waals surface area contributed by atoms with Gasteiger partial charge in [-0.3, -0.25) is 14.6 Å². The molecule has 1 unspecified atom stereocenters. The minimum atomic E-state index is -0.217. The number of benzene rings is 1. The minimum absolute atomic E-state index is 0.0770. The Balaban J connectivity index is 1.36. The zero-order valence-corrected chi connectivity index (χ0v) is 19.0. The number of aryl methyl sites for hydroxylation is 1. The largest absolute Gasteiger partial charge is 0.300 e. The molecule has 1 aliphatic carbocycles. The fourth-order valence-corrected chi connectivity index (χ4v) is 5.73. The van der Waals surface area contributed by atoms with Crippen molar-refractivity contribution in [1.29, 1.82) is 0 Å². The molecule has 170 valence electrons. The lowest BCUT2D eigenvalue weighted by molar-refractivity contribution is -0.118. The van der Waals surface area contributed by atoms with Crippen LogP contribution >= 0.6 is 0 Å². The normalized spacial score (nSPS) is 22.4. The Morgan fingerprint density at radius 1 is 1.06 bits per heavy atom. The number of amides is 1. The fraction of sp³-hybridized carbons (Fsp3) is 0.577. The van der Waals surface area contributed by atoms with E-state index in [1.165, 1.54) is 38.2 Å². The van der Waals surface area contributed by atoms with E-state index in [9.17, 15) is 9.18 Å². The summed E-state index contributed by atoms with van der Waals surface area (Å²) in [6.07, 6.45) is 9.41. The van der Waals surface area contributed by atoms with Gasteiger partial charge in [-0.1, -0.05) is 37.5 Å². The predicted octanol–water partition coefficient (Wildman–Crippen LogP) is 4.57. The Hall–Kier alpha value is -2.34. The predicted molar refractivity (Wildman–Crippen MR) is 123 cm³/mol. The average Bonchev–Trinajstić information content (AvgIpc) is 3.30. The number of carbonyl (C=O) groups excluding carboxylic acids is 1. The summed E-state index contributed by atoms with van der Waals surface area (Å²) >= 11 is 0. The van der Waals surface area contributed by atoms with Crippen LogP contribution in [0.2, 0.25) is 0 Å². The van der Waals surface area contributed by atoms with Crippen molar-refractivity contribution in [1.82, 2.24) is 14.9 Å². The highest BCUT2D eigenvalue weighted by atomic mass is 19.1. The standard InChI is InChI=1S/C26H33FN4O/c1-18-22-11-12-24(32)31(16-14-19-7-5-6-10-23(19)27)26(22)29-25(28-18)20-13-15-30(17-20)21-8-3-2-4-9-21/h5-7,10,20-21H,2-4,8-9,11-17H2,1H3. The van der Waals surface area contributed by atoms with Crippen LogP contribution < -0.4 is 4.90 Å². The number of aromatic nitrogens is 2. The first-order valence-electron chi connectivity index (χ1n) is 12.3. The molecule has 1 aromatic heterocycles. The first-order valence-corrected chi connectivity index (χ1v) is 12.3. The van der Waals surface area contributed by atoms with Crippen LogP contribution in [0, 0.1) is 12.7 Å². The molecular formula is C26H33FN4O. The van der Waals surface area contributed by atoms with E-state index in [1.807, 2.05) is 13.0 Å². The van der Waals surface area contributed by atoms with Crippen molar-refractivity contribution >= 4 is 11.7 Å². The number of likely N-dealkylation sites (tertiary alicyclic amines) is 1. The maximum atomic E-state index is 14.1. The summed E-state index contributed by atoms with van der Waals surface area (Å²) in [5, 5.41) is 0. The monoisotopic (exact) mass is 436 g/mol. The van der Waals surface area contributed by atoms with Crippen LogP contribution in [0.25, 0.3) is 0 Å². The SMILES string of the molecule is Cc1nc(C2CCN(C3CCCCC3)C2)nc2c1CCC(=O)N2CCc1ccccc1F. The van der Waals surface area contributed by atoms with E-state index in [4.69, 9.17) is 9.97 Å². The molecule has 2 fully saturated rings. The molecule has 0 spiro atoms. The number of halogens is 1.